The van der Waals surface area contributed by atoms with Gasteiger partial charge in [0.05, 0.1) is 0 Å². The maximum absolute atomic E-state index is 2.40. The van der Waals surface area contributed by atoms with Crippen LogP contribution in [0, 0.1) is 0 Å². The minimum Gasteiger partial charge on any atom is -1.00 e. The second kappa shape index (κ2) is 10.7. The normalized spacial score (nSPS) is 12.3. The van der Waals surface area contributed by atoms with E-state index in [1.54, 1.807) is 0 Å². The largest absolute Gasteiger partial charge is 1.00 e. The van der Waals surface area contributed by atoms with Crippen molar-refractivity contribution in [1.29, 1.82) is 0 Å². The lowest BCUT2D eigenvalue weighted by molar-refractivity contribution is -0.00000709. The van der Waals surface area contributed by atoms with Crippen molar-refractivity contribution in [3.05, 3.63) is 180 Å². The maximum atomic E-state index is 2.40. The fraction of sp³-hybridized carbons (Fsp3) is 0.0270. The minimum atomic E-state index is -2.22. The van der Waals surface area contributed by atoms with E-state index in [2.05, 4.69) is 164 Å². The van der Waals surface area contributed by atoms with Gasteiger partial charge in [0.25, 0.3) is 0 Å². The molecule has 7 rings (SSSR count). The Balaban J connectivity index is 0.00000277. The van der Waals surface area contributed by atoms with Crippen LogP contribution in [-0.4, -0.2) is 0 Å². The molecule has 6 aromatic rings. The number of hydrogen-bond acceptors (Lipinski definition) is 0. The molecule has 0 N–H and O–H groups in total. The fourth-order valence-corrected chi connectivity index (χ4v) is 10.8. The molecular formula is C37H28ClP. The van der Waals surface area contributed by atoms with Crippen LogP contribution in [0.2, 0.25) is 0 Å². The van der Waals surface area contributed by atoms with Crippen molar-refractivity contribution in [3.8, 4) is 11.1 Å². The highest BCUT2D eigenvalue weighted by molar-refractivity contribution is 8.01. The van der Waals surface area contributed by atoms with E-state index in [4.69, 9.17) is 0 Å². The van der Waals surface area contributed by atoms with Gasteiger partial charge in [-0.15, -0.1) is 0 Å². The molecule has 2 heteroatoms. The molecule has 0 saturated carbocycles. The van der Waals surface area contributed by atoms with Gasteiger partial charge in [0.2, 0.25) is 0 Å². The lowest BCUT2D eigenvalue weighted by atomic mass is 9.89. The molecule has 0 atom stereocenters. The van der Waals surface area contributed by atoms with E-state index in [9.17, 15) is 0 Å². The van der Waals surface area contributed by atoms with Crippen molar-refractivity contribution in [1.82, 2.24) is 0 Å². The van der Waals surface area contributed by atoms with Gasteiger partial charge in [-0.05, 0) is 64.7 Å². The third kappa shape index (κ3) is 4.04. The molecule has 0 unspecified atom stereocenters. The summed E-state index contributed by atoms with van der Waals surface area (Å²) in [4.78, 5) is 0. The Hall–Kier alpha value is -3.96. The Morgan fingerprint density at radius 1 is 0.333 bits per heavy atom. The van der Waals surface area contributed by atoms with Gasteiger partial charge in [0.1, 0.15) is 28.5 Å². The molecule has 1 aliphatic rings. The van der Waals surface area contributed by atoms with Crippen LogP contribution in [0.4, 0.5) is 0 Å². The van der Waals surface area contributed by atoms with Gasteiger partial charge in [-0.2, -0.15) is 0 Å². The highest BCUT2D eigenvalue weighted by Gasteiger charge is 2.50. The molecule has 0 spiro atoms. The van der Waals surface area contributed by atoms with E-state index < -0.39 is 7.26 Å². The first-order valence-electron chi connectivity index (χ1n) is 13.2. The monoisotopic (exact) mass is 538 g/mol. The van der Waals surface area contributed by atoms with Gasteiger partial charge in [-0.1, -0.05) is 121 Å². The van der Waals surface area contributed by atoms with Crippen molar-refractivity contribution in [2.75, 3.05) is 0 Å². The summed E-state index contributed by atoms with van der Waals surface area (Å²) in [5.41, 5.74) is 6.90. The van der Waals surface area contributed by atoms with Gasteiger partial charge in [-0.25, -0.2) is 0 Å². The van der Waals surface area contributed by atoms with E-state index in [1.165, 1.54) is 49.0 Å². The summed E-state index contributed by atoms with van der Waals surface area (Å²) < 4.78 is 0. The summed E-state index contributed by atoms with van der Waals surface area (Å²) in [5, 5.41) is 5.57. The van der Waals surface area contributed by atoms with Crippen LogP contribution in [0.3, 0.4) is 0 Å². The Bertz CT molecular complexity index is 1570. The van der Waals surface area contributed by atoms with Gasteiger partial charge in [-0.3, -0.25) is 0 Å². The van der Waals surface area contributed by atoms with Gasteiger partial charge >= 0.3 is 0 Å². The molecule has 0 radical (unpaired) electrons. The van der Waals surface area contributed by atoms with Crippen LogP contribution in [-0.2, 0) is 0 Å². The molecule has 0 aromatic heterocycles. The van der Waals surface area contributed by atoms with E-state index >= 15 is 0 Å². The van der Waals surface area contributed by atoms with Crippen molar-refractivity contribution < 1.29 is 12.4 Å². The third-order valence-corrected chi connectivity index (χ3v) is 12.2. The second-order valence-electron chi connectivity index (χ2n) is 9.84. The fourth-order valence-electron chi connectivity index (χ4n) is 6.35. The summed E-state index contributed by atoms with van der Waals surface area (Å²) >= 11 is 0. The number of fused-ring (bicyclic) bond motifs is 3. The first-order chi connectivity index (χ1) is 18.9. The van der Waals surface area contributed by atoms with Crippen LogP contribution in [0.1, 0.15) is 22.6 Å². The van der Waals surface area contributed by atoms with Crippen LogP contribution < -0.4 is 33.6 Å². The van der Waals surface area contributed by atoms with Crippen molar-refractivity contribution >= 4 is 28.5 Å². The SMILES string of the molecule is [Cl-].c1ccc([P+](c2ccccc2)(c2ccccc2)c2ccccc2C2c3ccccc3-c3ccccc32)cc1. The quantitative estimate of drug-likeness (QED) is 0.284. The molecule has 0 saturated heterocycles. The molecule has 0 aliphatic heterocycles. The first kappa shape index (κ1) is 25.3. The smallest absolute Gasteiger partial charge is 0.144 e. The van der Waals surface area contributed by atoms with E-state index in [1.807, 2.05) is 0 Å². The Kier molecular flexibility index (Phi) is 6.92. The topological polar surface area (TPSA) is 0 Å². The summed E-state index contributed by atoms with van der Waals surface area (Å²) in [6.07, 6.45) is 0. The number of benzene rings is 6. The number of halogens is 1. The number of rotatable bonds is 5. The minimum absolute atomic E-state index is 0. The highest BCUT2D eigenvalue weighted by atomic mass is 35.5. The molecule has 188 valence electrons. The Labute approximate surface area is 237 Å². The standard InChI is InChI=1S/C37H28P.ClH/c1-4-16-28(17-5-1)38(29-18-6-2-7-19-29,30-20-8-3-9-21-30)36-27-15-14-26-35(36)37-33-24-12-10-22-31(33)32-23-11-13-25-34(32)37;/h1-27,37H;1H/q+1;/p-1. The summed E-state index contributed by atoms with van der Waals surface area (Å²) in [7, 11) is -2.22. The average molecular weight is 539 g/mol. The van der Waals surface area contributed by atoms with Crippen molar-refractivity contribution in [3.63, 3.8) is 0 Å². The second-order valence-corrected chi connectivity index (χ2v) is 13.2. The van der Waals surface area contributed by atoms with Crippen LogP contribution >= 0.6 is 7.26 Å². The third-order valence-electron chi connectivity index (χ3n) is 7.87. The van der Waals surface area contributed by atoms with Crippen molar-refractivity contribution in [2.24, 2.45) is 0 Å². The Morgan fingerprint density at radius 2 is 0.667 bits per heavy atom. The average Bonchev–Trinajstić information content (AvgIpc) is 3.34. The van der Waals surface area contributed by atoms with Gasteiger partial charge in [0, 0.05) is 11.5 Å². The summed E-state index contributed by atoms with van der Waals surface area (Å²) in [6, 6.07) is 60.7. The molecule has 0 bridgehead atoms. The highest BCUT2D eigenvalue weighted by Crippen LogP contribution is 2.57. The predicted octanol–water partition coefficient (Wildman–Crippen LogP) is 4.47. The molecule has 39 heavy (non-hydrogen) atoms. The summed E-state index contributed by atoms with van der Waals surface area (Å²) in [6.45, 7) is 0. The van der Waals surface area contributed by atoms with Crippen LogP contribution in [0.5, 0.6) is 0 Å². The first-order valence-corrected chi connectivity index (χ1v) is 15.0. The number of hydrogen-bond donors (Lipinski definition) is 0. The molecule has 6 aromatic carbocycles. The van der Waals surface area contributed by atoms with Crippen LogP contribution in [0.25, 0.3) is 11.1 Å². The Morgan fingerprint density at radius 3 is 1.10 bits per heavy atom. The molecular weight excluding hydrogens is 511 g/mol. The molecule has 1 aliphatic carbocycles. The van der Waals surface area contributed by atoms with Gasteiger partial charge < -0.3 is 12.4 Å². The molecule has 0 fully saturated rings. The van der Waals surface area contributed by atoms with Crippen LogP contribution in [0.15, 0.2) is 164 Å². The zero-order valence-corrected chi connectivity index (χ0v) is 23.1. The molecule has 0 heterocycles. The van der Waals surface area contributed by atoms with E-state index in [0.717, 1.165) is 0 Å². The maximum Gasteiger partial charge on any atom is 0.144 e. The molecule has 0 amide bonds. The lowest BCUT2D eigenvalue weighted by Crippen LogP contribution is -3.00. The van der Waals surface area contributed by atoms with E-state index in [-0.39, 0.29) is 18.3 Å². The predicted molar refractivity (Wildman–Crippen MR) is 164 cm³/mol. The van der Waals surface area contributed by atoms with Gasteiger partial charge in [0.15, 0.2) is 0 Å². The molecule has 0 nitrogen and oxygen atoms in total. The lowest BCUT2D eigenvalue weighted by Gasteiger charge is -2.31. The zero-order chi connectivity index (χ0) is 25.4. The zero-order valence-electron chi connectivity index (χ0n) is 21.5. The summed E-state index contributed by atoms with van der Waals surface area (Å²) in [5.74, 6) is 0.189. The van der Waals surface area contributed by atoms with E-state index in [0.29, 0.717) is 0 Å². The van der Waals surface area contributed by atoms with Crippen molar-refractivity contribution in [2.45, 2.75) is 5.92 Å².